The third kappa shape index (κ3) is 12.1. The van der Waals surface area contributed by atoms with Crippen LogP contribution in [0.3, 0.4) is 0 Å². The molecule has 0 spiro atoms. The molecule has 1 saturated carbocycles. The Kier molecular flexibility index (Phi) is 12.3. The summed E-state index contributed by atoms with van der Waals surface area (Å²) in [5.41, 5.74) is -0.645. The second-order valence-electron chi connectivity index (χ2n) is 11.1. The number of alkyl carbamates (subject to hydrolysis) is 1. The molecule has 8 heteroatoms. The first-order valence-corrected chi connectivity index (χ1v) is 14.0. The molecule has 0 radical (unpaired) electrons. The number of nitrogens with zero attached hydrogens (tertiary/aromatic N) is 1. The molecule has 2 amide bonds. The Balaban J connectivity index is 2.04. The van der Waals surface area contributed by atoms with Gasteiger partial charge in [-0.2, -0.15) is 0 Å². The summed E-state index contributed by atoms with van der Waals surface area (Å²) in [5, 5.41) is 17.9. The molecule has 0 aliphatic heterocycles. The van der Waals surface area contributed by atoms with Crippen LogP contribution in [-0.2, 0) is 9.53 Å². The maximum absolute atomic E-state index is 13.3. The molecule has 0 unspecified atom stereocenters. The highest BCUT2D eigenvalue weighted by atomic mass is 32.2. The number of thioether (sulfide) groups is 1. The lowest BCUT2D eigenvalue weighted by atomic mass is 9.83. The van der Waals surface area contributed by atoms with Gasteiger partial charge in [-0.1, -0.05) is 52.0 Å². The number of pyridine rings is 1. The first kappa shape index (κ1) is 29.4. The molecule has 1 aromatic rings. The van der Waals surface area contributed by atoms with Gasteiger partial charge in [-0.25, -0.2) is 9.78 Å². The molecular formula is C27H45N3O4S. The predicted molar refractivity (Wildman–Crippen MR) is 141 cm³/mol. The van der Waals surface area contributed by atoms with E-state index >= 15 is 0 Å². The number of ether oxygens (including phenoxy) is 1. The fourth-order valence-corrected chi connectivity index (χ4v) is 5.33. The molecule has 198 valence electrons. The molecule has 3 N–H and O–H groups in total. The minimum atomic E-state index is -0.714. The average Bonchev–Trinajstić information content (AvgIpc) is 2.78. The SMILES string of the molecule is CC(C)C[C@H](NC(=O)OC(C)(C)C)C(=O)N[C@@H](CC1CCCCC1)[C@@H](O)CCSc1ccccn1. The third-order valence-corrected chi connectivity index (χ3v) is 7.10. The van der Waals surface area contributed by atoms with E-state index in [0.29, 0.717) is 24.5 Å². The van der Waals surface area contributed by atoms with Crippen LogP contribution in [0, 0.1) is 11.8 Å². The van der Waals surface area contributed by atoms with Crippen molar-refractivity contribution in [1.82, 2.24) is 15.6 Å². The monoisotopic (exact) mass is 507 g/mol. The highest BCUT2D eigenvalue weighted by Gasteiger charge is 2.30. The van der Waals surface area contributed by atoms with Crippen molar-refractivity contribution < 1.29 is 19.4 Å². The van der Waals surface area contributed by atoms with E-state index in [2.05, 4.69) is 15.6 Å². The molecule has 3 atom stereocenters. The maximum atomic E-state index is 13.3. The Labute approximate surface area is 215 Å². The zero-order valence-electron chi connectivity index (χ0n) is 22.1. The van der Waals surface area contributed by atoms with E-state index in [1.165, 1.54) is 19.3 Å². The molecule has 0 aromatic carbocycles. The third-order valence-electron chi connectivity index (χ3n) is 6.12. The number of hydrogen-bond acceptors (Lipinski definition) is 6. The molecule has 0 bridgehead atoms. The minimum Gasteiger partial charge on any atom is -0.444 e. The average molecular weight is 508 g/mol. The van der Waals surface area contributed by atoms with Crippen molar-refractivity contribution in [2.45, 2.75) is 115 Å². The molecular weight excluding hydrogens is 462 g/mol. The van der Waals surface area contributed by atoms with Gasteiger partial charge in [-0.3, -0.25) is 4.79 Å². The van der Waals surface area contributed by atoms with E-state index in [1.54, 1.807) is 38.7 Å². The Morgan fingerprint density at radius 1 is 1.17 bits per heavy atom. The fourth-order valence-electron chi connectivity index (χ4n) is 4.45. The van der Waals surface area contributed by atoms with Crippen LogP contribution in [0.5, 0.6) is 0 Å². The van der Waals surface area contributed by atoms with Gasteiger partial charge in [0.1, 0.15) is 11.6 Å². The standard InChI is InChI=1S/C27H45N3O4S/c1-19(2)17-22(30-26(33)34-27(3,4)5)25(32)29-21(18-20-11-7-6-8-12-20)23(31)14-16-35-24-13-9-10-15-28-24/h9-10,13,15,19-23,31H,6-8,11-12,14,16-18H2,1-5H3,(H,29,32)(H,30,33)/t21-,22-,23-/m0/s1. The van der Waals surface area contributed by atoms with Gasteiger partial charge < -0.3 is 20.5 Å². The van der Waals surface area contributed by atoms with E-state index in [4.69, 9.17) is 4.74 Å². The number of aromatic nitrogens is 1. The molecule has 35 heavy (non-hydrogen) atoms. The molecule has 1 aromatic heterocycles. The van der Waals surface area contributed by atoms with Gasteiger partial charge in [-0.05, 0) is 64.0 Å². The van der Waals surface area contributed by atoms with Gasteiger partial charge in [0, 0.05) is 11.9 Å². The zero-order valence-corrected chi connectivity index (χ0v) is 22.9. The second kappa shape index (κ2) is 14.7. The van der Waals surface area contributed by atoms with Crippen LogP contribution in [0.1, 0.15) is 86.0 Å². The Hall–Kier alpha value is -1.80. The van der Waals surface area contributed by atoms with Crippen LogP contribution >= 0.6 is 11.8 Å². The summed E-state index contributed by atoms with van der Waals surface area (Å²) in [5.74, 6) is 1.15. The van der Waals surface area contributed by atoms with E-state index in [1.807, 2.05) is 32.0 Å². The van der Waals surface area contributed by atoms with Gasteiger partial charge >= 0.3 is 6.09 Å². The lowest BCUT2D eigenvalue weighted by Gasteiger charge is -2.32. The van der Waals surface area contributed by atoms with Crippen molar-refractivity contribution in [3.05, 3.63) is 24.4 Å². The minimum absolute atomic E-state index is 0.206. The number of aliphatic hydroxyl groups excluding tert-OH is 1. The summed E-state index contributed by atoms with van der Waals surface area (Å²) < 4.78 is 5.38. The smallest absolute Gasteiger partial charge is 0.408 e. The second-order valence-corrected chi connectivity index (χ2v) is 12.2. The van der Waals surface area contributed by atoms with Crippen LogP contribution in [0.25, 0.3) is 0 Å². The van der Waals surface area contributed by atoms with Crippen LogP contribution in [0.2, 0.25) is 0 Å². The Morgan fingerprint density at radius 2 is 1.89 bits per heavy atom. The van der Waals surface area contributed by atoms with Crippen LogP contribution in [0.4, 0.5) is 4.79 Å². The quantitative estimate of drug-likeness (QED) is 0.331. The normalized spacial score (nSPS) is 17.5. The lowest BCUT2D eigenvalue weighted by Crippen LogP contribution is -2.54. The van der Waals surface area contributed by atoms with Crippen LogP contribution in [0.15, 0.2) is 29.4 Å². The van der Waals surface area contributed by atoms with Gasteiger partial charge in [0.2, 0.25) is 5.91 Å². The number of hydrogen-bond donors (Lipinski definition) is 3. The largest absolute Gasteiger partial charge is 0.444 e. The topological polar surface area (TPSA) is 101 Å². The maximum Gasteiger partial charge on any atom is 0.408 e. The van der Waals surface area contributed by atoms with E-state index in [-0.39, 0.29) is 17.9 Å². The van der Waals surface area contributed by atoms with Gasteiger partial charge in [-0.15, -0.1) is 11.8 Å². The van der Waals surface area contributed by atoms with Crippen molar-refractivity contribution in [3.63, 3.8) is 0 Å². The molecule has 1 aliphatic carbocycles. The van der Waals surface area contributed by atoms with Gasteiger partial charge in [0.05, 0.1) is 17.2 Å². The molecule has 1 fully saturated rings. The first-order chi connectivity index (χ1) is 16.5. The highest BCUT2D eigenvalue weighted by molar-refractivity contribution is 7.99. The number of rotatable bonds is 12. The molecule has 1 aliphatic rings. The molecule has 0 saturated heterocycles. The Bertz CT molecular complexity index is 763. The van der Waals surface area contributed by atoms with Crippen molar-refractivity contribution >= 4 is 23.8 Å². The van der Waals surface area contributed by atoms with Crippen molar-refractivity contribution in [1.29, 1.82) is 0 Å². The lowest BCUT2D eigenvalue weighted by molar-refractivity contribution is -0.125. The fraction of sp³-hybridized carbons (Fsp3) is 0.741. The number of nitrogens with one attached hydrogen (secondary N) is 2. The van der Waals surface area contributed by atoms with Crippen molar-refractivity contribution in [2.75, 3.05) is 5.75 Å². The highest BCUT2D eigenvalue weighted by Crippen LogP contribution is 2.29. The van der Waals surface area contributed by atoms with Gasteiger partial charge in [0.15, 0.2) is 0 Å². The van der Waals surface area contributed by atoms with Crippen LogP contribution < -0.4 is 10.6 Å². The number of carbonyl (C=O) groups is 2. The summed E-state index contributed by atoms with van der Waals surface area (Å²) in [6, 6.07) is 4.72. The number of carbonyl (C=O) groups excluding carboxylic acids is 2. The molecule has 7 nitrogen and oxygen atoms in total. The molecule has 2 rings (SSSR count). The van der Waals surface area contributed by atoms with Crippen molar-refractivity contribution in [3.8, 4) is 0 Å². The number of amides is 2. The number of aliphatic hydroxyl groups is 1. The van der Waals surface area contributed by atoms with E-state index in [0.717, 1.165) is 24.3 Å². The summed E-state index contributed by atoms with van der Waals surface area (Å²) in [7, 11) is 0. The van der Waals surface area contributed by atoms with Crippen molar-refractivity contribution in [2.24, 2.45) is 11.8 Å². The zero-order chi connectivity index (χ0) is 25.8. The summed E-state index contributed by atoms with van der Waals surface area (Å²) >= 11 is 1.60. The Morgan fingerprint density at radius 3 is 2.49 bits per heavy atom. The first-order valence-electron chi connectivity index (χ1n) is 13.0. The summed E-state index contributed by atoms with van der Waals surface area (Å²) in [6.07, 6.45) is 8.21. The van der Waals surface area contributed by atoms with Gasteiger partial charge in [0.25, 0.3) is 0 Å². The van der Waals surface area contributed by atoms with Crippen LogP contribution in [-0.4, -0.2) is 51.6 Å². The van der Waals surface area contributed by atoms with E-state index in [9.17, 15) is 14.7 Å². The summed E-state index contributed by atoms with van der Waals surface area (Å²) in [4.78, 5) is 30.0. The molecule has 1 heterocycles. The predicted octanol–water partition coefficient (Wildman–Crippen LogP) is 5.32. The van der Waals surface area contributed by atoms with E-state index < -0.39 is 23.8 Å². The summed E-state index contributed by atoms with van der Waals surface area (Å²) in [6.45, 7) is 9.41.